The number of hydrogen-bond acceptors (Lipinski definition) is 1. The zero-order valence-electron chi connectivity index (χ0n) is 3.89. The molecule has 0 saturated carbocycles. The molecule has 0 aliphatic heterocycles. The van der Waals surface area contributed by atoms with Crippen LogP contribution in [0.4, 0.5) is 0 Å². The molecule has 0 amide bonds. The standard InChI is InChI=1S/C3H7O.BrH.Zr/c1-3(2)4;;/h3H,1-2H3;1H;/q-1;;+1. The van der Waals surface area contributed by atoms with E-state index in [-0.39, 0.29) is 17.0 Å². The van der Waals surface area contributed by atoms with E-state index >= 15 is 0 Å². The van der Waals surface area contributed by atoms with Gasteiger partial charge in [0.15, 0.2) is 0 Å². The third-order valence-corrected chi connectivity index (χ3v) is 1.39. The Kier molecular flexibility index (Phi) is 10.9. The molecule has 0 heterocycles. The van der Waals surface area contributed by atoms with Crippen molar-refractivity contribution in [2.24, 2.45) is 0 Å². The van der Waals surface area contributed by atoms with Crippen LogP contribution in [-0.2, 0) is 28.0 Å². The average Bonchev–Trinajstić information content (AvgIpc) is 1.38. The van der Waals surface area contributed by atoms with Crippen LogP contribution in [0.1, 0.15) is 13.8 Å². The summed E-state index contributed by atoms with van der Waals surface area (Å²) < 4.78 is 4.84. The van der Waals surface area contributed by atoms with Crippen molar-refractivity contribution in [3.8, 4) is 0 Å². The van der Waals surface area contributed by atoms with E-state index in [1.165, 1.54) is 0 Å². The van der Waals surface area contributed by atoms with Crippen molar-refractivity contribution >= 4 is 17.0 Å². The van der Waals surface area contributed by atoms with Crippen LogP contribution >= 0.6 is 17.0 Å². The number of rotatable bonds is 1. The van der Waals surface area contributed by atoms with Crippen molar-refractivity contribution in [3.05, 3.63) is 0 Å². The van der Waals surface area contributed by atoms with Gasteiger partial charge in [-0.05, 0) is 0 Å². The van der Waals surface area contributed by atoms with Crippen LogP contribution in [0.2, 0.25) is 0 Å². The summed E-state index contributed by atoms with van der Waals surface area (Å²) in [4.78, 5) is 0. The first-order valence-electron chi connectivity index (χ1n) is 1.59. The third kappa shape index (κ3) is 9.01. The first-order valence-corrected chi connectivity index (χ1v) is 2.60. The Balaban J connectivity index is 0. The minimum absolute atomic E-state index is 0. The van der Waals surface area contributed by atoms with Gasteiger partial charge in [0.05, 0.1) is 0 Å². The predicted molar refractivity (Wildman–Crippen MR) is 26.5 cm³/mol. The van der Waals surface area contributed by atoms with Gasteiger partial charge in [-0.15, -0.1) is 17.0 Å². The van der Waals surface area contributed by atoms with E-state index in [9.17, 15) is 0 Å². The summed E-state index contributed by atoms with van der Waals surface area (Å²) in [5, 5.41) is 0. The molecule has 1 nitrogen and oxygen atoms in total. The Bertz CT molecular complexity index is 24.8. The summed E-state index contributed by atoms with van der Waals surface area (Å²) in [6.45, 7) is 4.04. The van der Waals surface area contributed by atoms with E-state index in [1.54, 1.807) is 0 Å². The topological polar surface area (TPSA) is 9.23 Å². The molecule has 37 valence electrons. The molecule has 0 atom stereocenters. The van der Waals surface area contributed by atoms with Crippen LogP contribution in [-0.4, -0.2) is 6.10 Å². The van der Waals surface area contributed by atoms with E-state index in [4.69, 9.17) is 2.81 Å². The molecule has 0 fully saturated rings. The second kappa shape index (κ2) is 6.32. The Hall–Kier alpha value is 1.32. The fraction of sp³-hybridized carbons (Fsp3) is 1.00. The van der Waals surface area contributed by atoms with Gasteiger partial charge in [-0.1, -0.05) is 0 Å². The molecule has 0 aromatic heterocycles. The zero-order chi connectivity index (χ0) is 4.28. The molecule has 0 aromatic carbocycles. The van der Waals surface area contributed by atoms with E-state index in [1.807, 2.05) is 13.8 Å². The SMILES string of the molecule is Br.CC(C)[O][Zr]. The van der Waals surface area contributed by atoms with Crippen LogP contribution in [0.15, 0.2) is 0 Å². The normalized spacial score (nSPS) is 7.67. The molecule has 6 heavy (non-hydrogen) atoms. The van der Waals surface area contributed by atoms with Crippen molar-refractivity contribution in [1.82, 2.24) is 0 Å². The summed E-state index contributed by atoms with van der Waals surface area (Å²) in [6.07, 6.45) is 0.424. The van der Waals surface area contributed by atoms with Crippen LogP contribution in [0.5, 0.6) is 0 Å². The predicted octanol–water partition coefficient (Wildman–Crippen LogP) is 1.45. The van der Waals surface area contributed by atoms with Crippen molar-refractivity contribution in [3.63, 3.8) is 0 Å². The molecule has 0 unspecified atom stereocenters. The molecule has 3 heteroatoms. The quantitative estimate of drug-likeness (QED) is 0.663. The van der Waals surface area contributed by atoms with Crippen molar-refractivity contribution in [1.29, 1.82) is 0 Å². The molecule has 0 bridgehead atoms. The third-order valence-electron chi connectivity index (χ3n) is 0.236. The van der Waals surface area contributed by atoms with Crippen LogP contribution < -0.4 is 0 Å². The summed E-state index contributed by atoms with van der Waals surface area (Å²) in [7, 11) is 0. The Morgan fingerprint density at radius 2 is 1.67 bits per heavy atom. The second-order valence-corrected chi connectivity index (χ2v) is 1.75. The molecule has 0 radical (unpaired) electrons. The van der Waals surface area contributed by atoms with Crippen LogP contribution in [0, 0.1) is 0 Å². The van der Waals surface area contributed by atoms with Gasteiger partial charge in [0.1, 0.15) is 0 Å². The maximum absolute atomic E-state index is 4.84. The molecule has 0 spiro atoms. The van der Waals surface area contributed by atoms with Gasteiger partial charge in [-0.2, -0.15) is 0 Å². The Morgan fingerprint density at radius 3 is 1.67 bits per heavy atom. The summed E-state index contributed by atoms with van der Waals surface area (Å²) >= 11 is 1.16. The van der Waals surface area contributed by atoms with Gasteiger partial charge in [0, 0.05) is 0 Å². The molecule has 0 saturated heterocycles. The minimum atomic E-state index is 0. The Labute approximate surface area is 64.7 Å². The van der Waals surface area contributed by atoms with Crippen LogP contribution in [0.3, 0.4) is 0 Å². The van der Waals surface area contributed by atoms with Gasteiger partial charge < -0.3 is 0 Å². The average molecular weight is 231 g/mol. The summed E-state index contributed by atoms with van der Waals surface area (Å²) in [5.74, 6) is 0. The molecular formula is C3H8BrOZr. The molecule has 0 aliphatic carbocycles. The summed E-state index contributed by atoms with van der Waals surface area (Å²) in [6, 6.07) is 0. The van der Waals surface area contributed by atoms with Crippen LogP contribution in [0.25, 0.3) is 0 Å². The van der Waals surface area contributed by atoms with E-state index < -0.39 is 0 Å². The van der Waals surface area contributed by atoms with E-state index in [0.717, 1.165) is 25.2 Å². The van der Waals surface area contributed by atoms with Gasteiger partial charge in [-0.3, -0.25) is 0 Å². The first-order chi connectivity index (χ1) is 2.27. The monoisotopic (exact) mass is 229 g/mol. The van der Waals surface area contributed by atoms with Gasteiger partial charge >= 0.3 is 47.9 Å². The molecule has 0 aliphatic rings. The van der Waals surface area contributed by atoms with Gasteiger partial charge in [-0.25, -0.2) is 0 Å². The zero-order valence-corrected chi connectivity index (χ0v) is 8.06. The van der Waals surface area contributed by atoms with Gasteiger partial charge in [0.2, 0.25) is 0 Å². The fourth-order valence-electron chi connectivity index (χ4n) is 0. The molecular weight excluding hydrogens is 223 g/mol. The fourth-order valence-corrected chi connectivity index (χ4v) is 0. The van der Waals surface area contributed by atoms with Crippen molar-refractivity contribution in [2.45, 2.75) is 20.0 Å². The molecule has 0 N–H and O–H groups in total. The van der Waals surface area contributed by atoms with Crippen molar-refractivity contribution < 1.29 is 28.0 Å². The number of halogens is 1. The summed E-state index contributed by atoms with van der Waals surface area (Å²) in [5.41, 5.74) is 0. The maximum atomic E-state index is 4.84. The number of hydrogen-bond donors (Lipinski definition) is 0. The van der Waals surface area contributed by atoms with E-state index in [0.29, 0.717) is 6.10 Å². The molecule has 0 rings (SSSR count). The second-order valence-electron chi connectivity index (χ2n) is 1.17. The Morgan fingerprint density at radius 1 is 1.50 bits per heavy atom. The molecule has 0 aromatic rings. The van der Waals surface area contributed by atoms with E-state index in [2.05, 4.69) is 0 Å². The van der Waals surface area contributed by atoms with Gasteiger partial charge in [0.25, 0.3) is 0 Å². The van der Waals surface area contributed by atoms with Crippen molar-refractivity contribution in [2.75, 3.05) is 0 Å². The first kappa shape index (κ1) is 10.3.